The molecule has 2 aromatic carbocycles. The monoisotopic (exact) mass is 480 g/mol. The molecular weight excluding hydrogens is 471 g/mol. The zero-order valence-electron chi connectivity index (χ0n) is 14.7. The van der Waals surface area contributed by atoms with E-state index in [0.29, 0.717) is 12.1 Å². The maximum absolute atomic E-state index is 13.0. The van der Waals surface area contributed by atoms with Crippen molar-refractivity contribution in [1.82, 2.24) is 0 Å². The molecule has 0 bridgehead atoms. The summed E-state index contributed by atoms with van der Waals surface area (Å²) in [4.78, 5) is 11.9. The number of hydrogen-bond acceptors (Lipinski definition) is 2. The number of hydrogen-bond donors (Lipinski definition) is 2. The van der Waals surface area contributed by atoms with Gasteiger partial charge in [-0.25, -0.2) is 9.18 Å². The van der Waals surface area contributed by atoms with Crippen LogP contribution >= 0.6 is 11.6 Å². The van der Waals surface area contributed by atoms with E-state index in [-0.39, 0.29) is 11.8 Å². The van der Waals surface area contributed by atoms with Crippen LogP contribution in [0, 0.1) is 0 Å². The van der Waals surface area contributed by atoms with Crippen molar-refractivity contribution in [2.24, 2.45) is 0 Å². The summed E-state index contributed by atoms with van der Waals surface area (Å²) in [6.07, 6.45) is -14.5. The van der Waals surface area contributed by atoms with Crippen LogP contribution < -0.4 is 15.4 Å². The molecule has 1 unspecified atom stereocenters. The highest BCUT2D eigenvalue weighted by atomic mass is 35.5. The molecule has 0 spiro atoms. The summed E-state index contributed by atoms with van der Waals surface area (Å²) in [6.45, 7) is 0. The van der Waals surface area contributed by atoms with Crippen LogP contribution in [0.5, 0.6) is 5.75 Å². The van der Waals surface area contributed by atoms with Crippen molar-refractivity contribution in [3.05, 3.63) is 53.6 Å². The number of urea groups is 1. The largest absolute Gasteiger partial charge is 0.444 e. The molecule has 170 valence electrons. The van der Waals surface area contributed by atoms with Crippen LogP contribution in [0.4, 0.5) is 55.7 Å². The molecule has 0 aliphatic rings. The molecule has 1 atom stereocenters. The Hall–Kier alpha value is -2.83. The average Bonchev–Trinajstić information content (AvgIpc) is 2.61. The molecule has 0 saturated heterocycles. The lowest BCUT2D eigenvalue weighted by Crippen LogP contribution is -2.32. The average molecular weight is 481 g/mol. The van der Waals surface area contributed by atoms with Gasteiger partial charge in [0.2, 0.25) is 0 Å². The van der Waals surface area contributed by atoms with Crippen molar-refractivity contribution in [3.8, 4) is 5.75 Å². The van der Waals surface area contributed by atoms with Crippen LogP contribution in [-0.2, 0) is 12.4 Å². The number of carbonyl (C=O) groups excluding carboxylic acids is 1. The number of rotatable bonds is 5. The third-order valence-electron chi connectivity index (χ3n) is 3.47. The maximum Gasteiger partial charge on any atom is 0.444 e. The first-order chi connectivity index (χ1) is 14.1. The Balaban J connectivity index is 2.14. The fraction of sp³-hybridized carbons (Fsp3) is 0.235. The Kier molecular flexibility index (Phi) is 6.88. The molecule has 0 radical (unpaired) electrons. The highest BCUT2D eigenvalue weighted by Crippen LogP contribution is 2.37. The molecule has 0 saturated carbocycles. The van der Waals surface area contributed by atoms with Crippen LogP contribution in [0.2, 0.25) is 0 Å². The number of halogens is 10. The molecule has 31 heavy (non-hydrogen) atoms. The van der Waals surface area contributed by atoms with Gasteiger partial charge in [0.25, 0.3) is 5.63 Å². The first-order valence-electron chi connectivity index (χ1n) is 7.90. The van der Waals surface area contributed by atoms with Gasteiger partial charge in [-0.1, -0.05) is 11.6 Å². The Morgan fingerprint density at radius 1 is 0.806 bits per heavy atom. The summed E-state index contributed by atoms with van der Waals surface area (Å²) in [5.41, 5.74) is -7.30. The van der Waals surface area contributed by atoms with Gasteiger partial charge in [-0.05, 0) is 42.5 Å². The van der Waals surface area contributed by atoms with Gasteiger partial charge in [-0.2, -0.15) is 35.1 Å². The minimum Gasteiger partial charge on any atom is -0.429 e. The van der Waals surface area contributed by atoms with Gasteiger partial charge in [0, 0.05) is 11.4 Å². The zero-order valence-corrected chi connectivity index (χ0v) is 15.5. The van der Waals surface area contributed by atoms with Gasteiger partial charge in [0.1, 0.15) is 5.75 Å². The van der Waals surface area contributed by atoms with Crippen molar-refractivity contribution < 1.29 is 49.0 Å². The second-order valence-electron chi connectivity index (χ2n) is 5.86. The fourth-order valence-corrected chi connectivity index (χ4v) is 2.17. The number of anilines is 2. The summed E-state index contributed by atoms with van der Waals surface area (Å²) in [6, 6.07) is 3.03. The van der Waals surface area contributed by atoms with Crippen LogP contribution in [0.3, 0.4) is 0 Å². The van der Waals surface area contributed by atoms with E-state index < -0.39 is 52.7 Å². The van der Waals surface area contributed by atoms with Gasteiger partial charge in [-0.15, -0.1) is 0 Å². The predicted molar refractivity (Wildman–Crippen MR) is 91.9 cm³/mol. The van der Waals surface area contributed by atoms with E-state index in [1.807, 2.05) is 5.32 Å². The Bertz CT molecular complexity index is 896. The van der Waals surface area contributed by atoms with E-state index in [1.165, 1.54) is 0 Å². The minimum absolute atomic E-state index is 0.0983. The topological polar surface area (TPSA) is 50.4 Å². The standard InChI is InChI=1S/C17H10ClF9N2O2/c18-13(19)17(26,27)31-12-3-1-10(2-4-12)28-14(30)29-11-6-8(15(20,21)22)5-9(7-11)16(23,24)25/h1-7,13H,(H2,28,29,30). The highest BCUT2D eigenvalue weighted by Gasteiger charge is 2.42. The lowest BCUT2D eigenvalue weighted by atomic mass is 10.1. The molecule has 0 aliphatic carbocycles. The summed E-state index contributed by atoms with van der Waals surface area (Å²) < 4.78 is 120. The summed E-state index contributed by atoms with van der Waals surface area (Å²) in [7, 11) is 0. The Labute approximate surface area is 172 Å². The molecule has 2 N–H and O–H groups in total. The smallest absolute Gasteiger partial charge is 0.429 e. The molecule has 4 nitrogen and oxygen atoms in total. The quantitative estimate of drug-likeness (QED) is 0.362. The summed E-state index contributed by atoms with van der Waals surface area (Å²) >= 11 is 4.63. The molecule has 2 rings (SSSR count). The first-order valence-corrected chi connectivity index (χ1v) is 8.34. The SMILES string of the molecule is O=C(Nc1ccc(OC(F)(F)C(F)Cl)cc1)Nc1cc(C(F)(F)F)cc(C(F)(F)F)c1. The van der Waals surface area contributed by atoms with E-state index in [9.17, 15) is 44.3 Å². The van der Waals surface area contributed by atoms with Crippen molar-refractivity contribution in [3.63, 3.8) is 0 Å². The minimum atomic E-state index is -5.10. The van der Waals surface area contributed by atoms with Gasteiger partial charge in [-0.3, -0.25) is 0 Å². The van der Waals surface area contributed by atoms with Crippen molar-refractivity contribution in [2.75, 3.05) is 10.6 Å². The number of nitrogens with one attached hydrogen (secondary N) is 2. The number of carbonyl (C=O) groups is 1. The van der Waals surface area contributed by atoms with Gasteiger partial charge in [0.05, 0.1) is 11.1 Å². The molecule has 2 aromatic rings. The molecule has 14 heteroatoms. The van der Waals surface area contributed by atoms with E-state index in [0.717, 1.165) is 24.3 Å². The van der Waals surface area contributed by atoms with Crippen molar-refractivity contribution in [2.45, 2.75) is 24.1 Å². The van der Waals surface area contributed by atoms with E-state index in [1.54, 1.807) is 0 Å². The highest BCUT2D eigenvalue weighted by molar-refractivity contribution is 6.20. The van der Waals surface area contributed by atoms with E-state index in [2.05, 4.69) is 21.7 Å². The molecule has 0 fully saturated rings. The zero-order chi connectivity index (χ0) is 23.6. The molecular formula is C17H10ClF9N2O2. The van der Waals surface area contributed by atoms with Gasteiger partial charge >= 0.3 is 24.5 Å². The lowest BCUT2D eigenvalue weighted by molar-refractivity contribution is -0.199. The van der Waals surface area contributed by atoms with E-state index in [4.69, 9.17) is 0 Å². The second kappa shape index (κ2) is 8.73. The predicted octanol–water partition coefficient (Wildman–Crippen LogP) is 6.87. The van der Waals surface area contributed by atoms with Gasteiger partial charge in [0.15, 0.2) is 0 Å². The lowest BCUT2D eigenvalue weighted by Gasteiger charge is -2.18. The summed E-state index contributed by atoms with van der Waals surface area (Å²) in [5, 5.41) is 3.88. The number of amides is 2. The van der Waals surface area contributed by atoms with Crippen LogP contribution in [0.1, 0.15) is 11.1 Å². The fourth-order valence-electron chi connectivity index (χ4n) is 2.13. The third kappa shape index (κ3) is 6.84. The van der Waals surface area contributed by atoms with Crippen molar-refractivity contribution in [1.29, 1.82) is 0 Å². The number of alkyl halides is 10. The molecule has 0 heterocycles. The van der Waals surface area contributed by atoms with Crippen LogP contribution in [-0.4, -0.2) is 17.8 Å². The van der Waals surface area contributed by atoms with Crippen LogP contribution in [0.25, 0.3) is 0 Å². The normalized spacial score (nSPS) is 13.5. The number of benzene rings is 2. The molecule has 0 aliphatic heterocycles. The van der Waals surface area contributed by atoms with Crippen molar-refractivity contribution >= 4 is 29.0 Å². The Morgan fingerprint density at radius 2 is 1.26 bits per heavy atom. The maximum atomic E-state index is 13.0. The molecule has 2 amide bonds. The van der Waals surface area contributed by atoms with Crippen LogP contribution in [0.15, 0.2) is 42.5 Å². The summed E-state index contributed by atoms with van der Waals surface area (Å²) in [5.74, 6) is -0.535. The molecule has 0 aromatic heterocycles. The first kappa shape index (κ1) is 24.4. The third-order valence-corrected chi connectivity index (χ3v) is 3.72. The van der Waals surface area contributed by atoms with E-state index >= 15 is 0 Å². The van der Waals surface area contributed by atoms with Gasteiger partial charge < -0.3 is 15.4 Å². The Morgan fingerprint density at radius 3 is 1.68 bits per heavy atom. The number of ether oxygens (including phenoxy) is 1. The second-order valence-corrected chi connectivity index (χ2v) is 6.25.